The lowest BCUT2D eigenvalue weighted by atomic mass is 10.1. The zero-order valence-corrected chi connectivity index (χ0v) is 16.9. The molecule has 0 saturated heterocycles. The van der Waals surface area contributed by atoms with Crippen molar-refractivity contribution in [3.05, 3.63) is 65.6 Å². The zero-order valence-electron chi connectivity index (χ0n) is 16.9. The van der Waals surface area contributed by atoms with Crippen molar-refractivity contribution >= 4 is 17.5 Å². The summed E-state index contributed by atoms with van der Waals surface area (Å²) in [6, 6.07) is 11.2. The first-order chi connectivity index (χ1) is 14.8. The number of ketones is 1. The van der Waals surface area contributed by atoms with Crippen LogP contribution in [0.2, 0.25) is 0 Å². The van der Waals surface area contributed by atoms with E-state index >= 15 is 0 Å². The van der Waals surface area contributed by atoms with Crippen molar-refractivity contribution in [2.75, 3.05) is 5.32 Å². The quantitative estimate of drug-likeness (QED) is 0.507. The first-order valence-corrected chi connectivity index (χ1v) is 9.40. The molecular formula is C22H21FN4O4. The summed E-state index contributed by atoms with van der Waals surface area (Å²) in [5, 5.41) is 12.7. The number of primary amides is 1. The van der Waals surface area contributed by atoms with E-state index in [0.717, 1.165) is 0 Å². The third-order valence-electron chi connectivity index (χ3n) is 4.48. The Morgan fingerprint density at radius 1 is 1.16 bits per heavy atom. The molecule has 1 heterocycles. The molecule has 0 spiro atoms. The number of aliphatic hydroxyl groups excluding tert-OH is 1. The molecule has 3 aromatic rings. The number of anilines is 1. The Morgan fingerprint density at radius 2 is 1.87 bits per heavy atom. The van der Waals surface area contributed by atoms with Crippen molar-refractivity contribution in [1.82, 2.24) is 9.97 Å². The van der Waals surface area contributed by atoms with Gasteiger partial charge in [-0.2, -0.15) is 0 Å². The molecule has 4 N–H and O–H groups in total. The fraction of sp³-hybridized carbons (Fsp3) is 0.182. The molecule has 0 aliphatic rings. The van der Waals surface area contributed by atoms with E-state index in [2.05, 4.69) is 15.3 Å². The topological polar surface area (TPSA) is 127 Å². The number of nitrogens with two attached hydrogens (primary N) is 1. The van der Waals surface area contributed by atoms with E-state index in [1.807, 2.05) is 0 Å². The van der Waals surface area contributed by atoms with Gasteiger partial charge < -0.3 is 20.9 Å². The van der Waals surface area contributed by atoms with Gasteiger partial charge in [0.15, 0.2) is 11.6 Å². The molecular weight excluding hydrogens is 403 g/mol. The normalized spacial score (nSPS) is 11.6. The van der Waals surface area contributed by atoms with Gasteiger partial charge in [-0.3, -0.25) is 9.59 Å². The average molecular weight is 424 g/mol. The Labute approximate surface area is 177 Å². The predicted molar refractivity (Wildman–Crippen MR) is 112 cm³/mol. The van der Waals surface area contributed by atoms with Gasteiger partial charge in [-0.25, -0.2) is 14.4 Å². The van der Waals surface area contributed by atoms with Crippen molar-refractivity contribution in [2.24, 2.45) is 5.73 Å². The van der Waals surface area contributed by atoms with Crippen LogP contribution in [0.15, 0.2) is 48.5 Å². The van der Waals surface area contributed by atoms with Gasteiger partial charge >= 0.3 is 0 Å². The first kappa shape index (κ1) is 21.8. The maximum Gasteiger partial charge on any atom is 0.267 e. The van der Waals surface area contributed by atoms with Gasteiger partial charge in [-0.15, -0.1) is 0 Å². The van der Waals surface area contributed by atoms with Crippen LogP contribution in [0, 0.1) is 5.82 Å². The number of aliphatic hydroxyl groups is 1. The van der Waals surface area contributed by atoms with Gasteiger partial charge in [-0.05, 0) is 56.3 Å². The summed E-state index contributed by atoms with van der Waals surface area (Å²) in [6.45, 7) is 2.76. The number of nitrogens with zero attached hydrogens (tertiary/aromatic N) is 2. The minimum absolute atomic E-state index is 0.0274. The maximum atomic E-state index is 13.1. The molecule has 0 radical (unpaired) electrons. The molecule has 0 saturated carbocycles. The minimum atomic E-state index is -0.749. The molecule has 0 unspecified atom stereocenters. The highest BCUT2D eigenvalue weighted by atomic mass is 19.1. The lowest BCUT2D eigenvalue weighted by Crippen LogP contribution is -2.25. The van der Waals surface area contributed by atoms with Crippen molar-refractivity contribution in [1.29, 1.82) is 0 Å². The fourth-order valence-electron chi connectivity index (χ4n) is 2.67. The van der Waals surface area contributed by atoms with Gasteiger partial charge in [0.1, 0.15) is 28.8 Å². The number of rotatable bonds is 8. The molecule has 1 atom stereocenters. The van der Waals surface area contributed by atoms with Crippen LogP contribution in [-0.4, -0.2) is 32.8 Å². The van der Waals surface area contributed by atoms with E-state index in [1.54, 1.807) is 25.1 Å². The number of carbonyl (C=O) groups is 2. The number of aromatic nitrogens is 2. The maximum absolute atomic E-state index is 13.1. The molecule has 3 rings (SSSR count). The molecule has 1 amide bonds. The SMILES string of the molecule is CC(=O)[C@H](C)Nc1cc(C(N)=O)nc(-c2ccc(Oc3ccc(F)cc3)c(CO)c2)n1. The van der Waals surface area contributed by atoms with Gasteiger partial charge in [0.05, 0.1) is 12.6 Å². The molecule has 160 valence electrons. The van der Waals surface area contributed by atoms with Crippen molar-refractivity contribution in [2.45, 2.75) is 26.5 Å². The van der Waals surface area contributed by atoms with Gasteiger partial charge in [0.2, 0.25) is 0 Å². The Morgan fingerprint density at radius 3 is 2.48 bits per heavy atom. The average Bonchev–Trinajstić information content (AvgIpc) is 2.75. The number of nitrogens with one attached hydrogen (secondary N) is 1. The van der Waals surface area contributed by atoms with Crippen LogP contribution < -0.4 is 15.8 Å². The standard InChI is InChI=1S/C22H21FN4O4/c1-12(13(2)29)25-20-10-18(21(24)30)26-22(27-20)14-3-8-19(15(9-14)11-28)31-17-6-4-16(23)5-7-17/h3-10,12,28H,11H2,1-2H3,(H2,24,30)(H,25,26,27)/t12-/m0/s1. The van der Waals surface area contributed by atoms with Crippen LogP contribution in [0.3, 0.4) is 0 Å². The number of halogens is 1. The van der Waals surface area contributed by atoms with E-state index in [4.69, 9.17) is 10.5 Å². The highest BCUT2D eigenvalue weighted by Crippen LogP contribution is 2.30. The molecule has 31 heavy (non-hydrogen) atoms. The number of Topliss-reactive ketones (excluding diaryl/α,β-unsaturated/α-hetero) is 1. The van der Waals surface area contributed by atoms with E-state index in [1.165, 1.54) is 37.3 Å². The summed E-state index contributed by atoms with van der Waals surface area (Å²) in [5.41, 5.74) is 6.29. The smallest absolute Gasteiger partial charge is 0.267 e. The number of benzene rings is 2. The summed E-state index contributed by atoms with van der Waals surface area (Å²) >= 11 is 0. The highest BCUT2D eigenvalue weighted by Gasteiger charge is 2.15. The van der Waals surface area contributed by atoms with Gasteiger partial charge in [0, 0.05) is 17.2 Å². The Kier molecular flexibility index (Phi) is 6.56. The van der Waals surface area contributed by atoms with Gasteiger partial charge in [-0.1, -0.05) is 0 Å². The van der Waals surface area contributed by atoms with Crippen molar-refractivity contribution < 1.29 is 23.8 Å². The lowest BCUT2D eigenvalue weighted by Gasteiger charge is -2.14. The largest absolute Gasteiger partial charge is 0.457 e. The van der Waals surface area contributed by atoms with Crippen molar-refractivity contribution in [3.8, 4) is 22.9 Å². The second-order valence-corrected chi connectivity index (χ2v) is 6.84. The molecule has 1 aromatic heterocycles. The number of amides is 1. The lowest BCUT2D eigenvalue weighted by molar-refractivity contribution is -0.117. The Balaban J connectivity index is 1.97. The van der Waals surface area contributed by atoms with Crippen LogP contribution in [0.1, 0.15) is 29.9 Å². The monoisotopic (exact) mass is 424 g/mol. The van der Waals surface area contributed by atoms with Crippen LogP contribution in [0.25, 0.3) is 11.4 Å². The summed E-state index contributed by atoms with van der Waals surface area (Å²) in [7, 11) is 0. The Hall–Kier alpha value is -3.85. The summed E-state index contributed by atoms with van der Waals surface area (Å²) < 4.78 is 18.8. The fourth-order valence-corrected chi connectivity index (χ4v) is 2.67. The Bertz CT molecular complexity index is 1120. The van der Waals surface area contributed by atoms with Crippen LogP contribution in [-0.2, 0) is 11.4 Å². The van der Waals surface area contributed by atoms with E-state index < -0.39 is 11.9 Å². The van der Waals surface area contributed by atoms with E-state index in [9.17, 15) is 19.1 Å². The number of hydrogen-bond acceptors (Lipinski definition) is 7. The van der Waals surface area contributed by atoms with Crippen LogP contribution >= 0.6 is 0 Å². The van der Waals surface area contributed by atoms with E-state index in [0.29, 0.717) is 22.6 Å². The minimum Gasteiger partial charge on any atom is -0.457 e. The van der Waals surface area contributed by atoms with Crippen LogP contribution in [0.4, 0.5) is 10.2 Å². The van der Waals surface area contributed by atoms with Crippen LogP contribution in [0.5, 0.6) is 11.5 Å². The molecule has 0 aliphatic heterocycles. The summed E-state index contributed by atoms with van der Waals surface area (Å²) in [4.78, 5) is 31.8. The summed E-state index contributed by atoms with van der Waals surface area (Å²) in [6.07, 6.45) is 0. The second-order valence-electron chi connectivity index (χ2n) is 6.84. The first-order valence-electron chi connectivity index (χ1n) is 9.40. The van der Waals surface area contributed by atoms with Gasteiger partial charge in [0.25, 0.3) is 5.91 Å². The predicted octanol–water partition coefficient (Wildman–Crippen LogP) is 3.06. The second kappa shape index (κ2) is 9.31. The molecule has 2 aromatic carbocycles. The third kappa shape index (κ3) is 5.40. The third-order valence-corrected chi connectivity index (χ3v) is 4.48. The van der Waals surface area contributed by atoms with Crippen molar-refractivity contribution in [3.63, 3.8) is 0 Å². The zero-order chi connectivity index (χ0) is 22.5. The molecule has 0 fully saturated rings. The summed E-state index contributed by atoms with van der Waals surface area (Å²) in [5.74, 6) is -0.0317. The highest BCUT2D eigenvalue weighted by molar-refractivity contribution is 5.92. The number of carbonyl (C=O) groups excluding carboxylic acids is 2. The molecule has 0 bridgehead atoms. The molecule has 0 aliphatic carbocycles. The number of ether oxygens (including phenoxy) is 1. The molecule has 9 heteroatoms. The molecule has 8 nitrogen and oxygen atoms in total. The number of hydrogen-bond donors (Lipinski definition) is 3. The van der Waals surface area contributed by atoms with E-state index in [-0.39, 0.29) is 35.5 Å².